The Morgan fingerprint density at radius 1 is 1.26 bits per heavy atom. The molecule has 1 amide bonds. The summed E-state index contributed by atoms with van der Waals surface area (Å²) in [5.41, 5.74) is 9.14. The molecule has 1 aromatic carbocycles. The van der Waals surface area contributed by atoms with Gasteiger partial charge in [-0.25, -0.2) is 15.8 Å². The summed E-state index contributed by atoms with van der Waals surface area (Å²) in [6, 6.07) is 8.97. The molecule has 7 nitrogen and oxygen atoms in total. The molecule has 0 saturated carbocycles. The minimum Gasteiger partial charge on any atom is -0.494 e. The van der Waals surface area contributed by atoms with Gasteiger partial charge in [0, 0.05) is 5.56 Å². The van der Waals surface area contributed by atoms with E-state index < -0.39 is 5.91 Å². The Morgan fingerprint density at radius 3 is 2.57 bits per heavy atom. The van der Waals surface area contributed by atoms with E-state index in [0.29, 0.717) is 18.2 Å². The van der Waals surface area contributed by atoms with Gasteiger partial charge in [0.25, 0.3) is 5.91 Å². The number of rotatable bonds is 6. The first-order chi connectivity index (χ1) is 11.0. The molecule has 1 heterocycles. The number of carbonyl (C=O) groups is 1. The van der Waals surface area contributed by atoms with Crippen LogP contribution in [0.4, 0.5) is 5.95 Å². The minimum absolute atomic E-state index is 0.0124. The smallest absolute Gasteiger partial charge is 0.283 e. The average Bonchev–Trinajstić information content (AvgIpc) is 2.53. The molecular formula is C16H21N5O2. The quantitative estimate of drug-likeness (QED) is 0.425. The largest absolute Gasteiger partial charge is 0.494 e. The summed E-state index contributed by atoms with van der Waals surface area (Å²) < 4.78 is 5.67. The fourth-order valence-corrected chi connectivity index (χ4v) is 1.94. The lowest BCUT2D eigenvalue weighted by atomic mass is 10.1. The van der Waals surface area contributed by atoms with Crippen molar-refractivity contribution in [1.82, 2.24) is 15.4 Å². The van der Waals surface area contributed by atoms with Crippen LogP contribution in [0.25, 0.3) is 11.3 Å². The van der Waals surface area contributed by atoms with Gasteiger partial charge in [-0.15, -0.1) is 0 Å². The number of hydrazine groups is 1. The van der Waals surface area contributed by atoms with Crippen molar-refractivity contribution in [1.29, 1.82) is 0 Å². The van der Waals surface area contributed by atoms with Crippen molar-refractivity contribution in [2.24, 2.45) is 11.8 Å². The number of anilines is 1. The summed E-state index contributed by atoms with van der Waals surface area (Å²) in [6.45, 7) is 4.99. The zero-order valence-electron chi connectivity index (χ0n) is 13.2. The second kappa shape index (κ2) is 7.55. The lowest BCUT2D eigenvalue weighted by Gasteiger charge is -2.09. The van der Waals surface area contributed by atoms with E-state index in [9.17, 15) is 4.79 Å². The Labute approximate surface area is 135 Å². The average molecular weight is 315 g/mol. The summed E-state index contributed by atoms with van der Waals surface area (Å²) in [7, 11) is 0. The van der Waals surface area contributed by atoms with Crippen LogP contribution in [-0.4, -0.2) is 22.5 Å². The fraction of sp³-hybridized carbons (Fsp3) is 0.312. The van der Waals surface area contributed by atoms with Gasteiger partial charge >= 0.3 is 0 Å². The molecule has 2 rings (SSSR count). The lowest BCUT2D eigenvalue weighted by molar-refractivity contribution is 0.0948. The predicted molar refractivity (Wildman–Crippen MR) is 88.5 cm³/mol. The molecule has 2 aromatic rings. The Balaban J connectivity index is 2.16. The normalized spacial score (nSPS) is 10.6. The Hall–Kier alpha value is -2.67. The van der Waals surface area contributed by atoms with Crippen LogP contribution in [0.2, 0.25) is 0 Å². The molecule has 0 aliphatic rings. The molecule has 1 aromatic heterocycles. The van der Waals surface area contributed by atoms with Gasteiger partial charge < -0.3 is 10.5 Å². The highest BCUT2D eigenvalue weighted by Crippen LogP contribution is 2.22. The molecule has 0 aliphatic carbocycles. The second-order valence-electron chi connectivity index (χ2n) is 5.53. The van der Waals surface area contributed by atoms with Crippen LogP contribution in [0.1, 0.15) is 30.8 Å². The molecule has 0 saturated heterocycles. The van der Waals surface area contributed by atoms with Gasteiger partial charge in [-0.2, -0.15) is 0 Å². The van der Waals surface area contributed by atoms with E-state index in [1.54, 1.807) is 0 Å². The predicted octanol–water partition coefficient (Wildman–Crippen LogP) is 1.75. The lowest BCUT2D eigenvalue weighted by Crippen LogP contribution is -2.31. The number of nitrogens with one attached hydrogen (secondary N) is 1. The maximum absolute atomic E-state index is 11.6. The number of hydrogen-bond acceptors (Lipinski definition) is 6. The van der Waals surface area contributed by atoms with E-state index in [0.717, 1.165) is 17.7 Å². The zero-order valence-corrected chi connectivity index (χ0v) is 13.2. The molecule has 0 radical (unpaired) electrons. The molecule has 0 aliphatic heterocycles. The van der Waals surface area contributed by atoms with Crippen LogP contribution in [0, 0.1) is 5.92 Å². The molecule has 0 spiro atoms. The van der Waals surface area contributed by atoms with Crippen LogP contribution >= 0.6 is 0 Å². The van der Waals surface area contributed by atoms with E-state index >= 15 is 0 Å². The Morgan fingerprint density at radius 2 is 1.96 bits per heavy atom. The van der Waals surface area contributed by atoms with Gasteiger partial charge in [-0.05, 0) is 42.7 Å². The maximum Gasteiger partial charge on any atom is 0.283 e. The molecule has 0 bridgehead atoms. The highest BCUT2D eigenvalue weighted by Gasteiger charge is 2.10. The van der Waals surface area contributed by atoms with Crippen LogP contribution in [0.3, 0.4) is 0 Å². The number of hydrogen-bond donors (Lipinski definition) is 3. The van der Waals surface area contributed by atoms with Crippen LogP contribution < -0.4 is 21.7 Å². The van der Waals surface area contributed by atoms with E-state index in [1.807, 2.05) is 29.7 Å². The van der Waals surface area contributed by atoms with Crippen LogP contribution in [0.5, 0.6) is 5.75 Å². The number of amides is 1. The van der Waals surface area contributed by atoms with Crippen molar-refractivity contribution in [3.05, 3.63) is 36.0 Å². The number of nitrogen functional groups attached to an aromatic ring is 2. The summed E-state index contributed by atoms with van der Waals surface area (Å²) >= 11 is 0. The van der Waals surface area contributed by atoms with Gasteiger partial charge in [-0.1, -0.05) is 13.8 Å². The van der Waals surface area contributed by atoms with Crippen LogP contribution in [0.15, 0.2) is 30.3 Å². The molecule has 23 heavy (non-hydrogen) atoms. The van der Waals surface area contributed by atoms with Gasteiger partial charge in [0.1, 0.15) is 11.4 Å². The summed E-state index contributed by atoms with van der Waals surface area (Å²) in [5, 5.41) is 0. The maximum atomic E-state index is 11.6. The zero-order chi connectivity index (χ0) is 16.8. The molecular weight excluding hydrogens is 294 g/mol. The van der Waals surface area contributed by atoms with Crippen molar-refractivity contribution in [3.8, 4) is 17.0 Å². The number of nitrogens with zero attached hydrogens (tertiary/aromatic N) is 2. The minimum atomic E-state index is -0.519. The van der Waals surface area contributed by atoms with E-state index in [2.05, 4.69) is 23.8 Å². The first-order valence-corrected chi connectivity index (χ1v) is 7.38. The summed E-state index contributed by atoms with van der Waals surface area (Å²) in [4.78, 5) is 19.6. The first kappa shape index (κ1) is 16.7. The summed E-state index contributed by atoms with van der Waals surface area (Å²) in [5.74, 6) is 6.00. The number of nitrogens with two attached hydrogens (primary N) is 2. The highest BCUT2D eigenvalue weighted by molar-refractivity contribution is 5.93. The third kappa shape index (κ3) is 4.65. The molecule has 5 N–H and O–H groups in total. The van der Waals surface area contributed by atoms with Crippen molar-refractivity contribution in [2.75, 3.05) is 12.3 Å². The second-order valence-corrected chi connectivity index (χ2v) is 5.53. The fourth-order valence-electron chi connectivity index (χ4n) is 1.94. The topological polar surface area (TPSA) is 116 Å². The van der Waals surface area contributed by atoms with Crippen molar-refractivity contribution in [3.63, 3.8) is 0 Å². The molecule has 122 valence electrons. The standard InChI is InChI=1S/C16H21N5O2/c1-10(2)7-8-23-12-5-3-11(4-6-12)13-9-14(15(22)21-18)20-16(17)19-13/h3-6,9-10H,7-8,18H2,1-2H3,(H,21,22)(H2,17,19,20). The SMILES string of the molecule is CC(C)CCOc1ccc(-c2cc(C(=O)NN)nc(N)n2)cc1. The van der Waals surface area contributed by atoms with Crippen molar-refractivity contribution in [2.45, 2.75) is 20.3 Å². The van der Waals surface area contributed by atoms with Gasteiger partial charge in [-0.3, -0.25) is 10.2 Å². The van der Waals surface area contributed by atoms with Crippen molar-refractivity contribution < 1.29 is 9.53 Å². The van der Waals surface area contributed by atoms with E-state index in [1.165, 1.54) is 6.07 Å². The molecule has 0 fully saturated rings. The van der Waals surface area contributed by atoms with Crippen LogP contribution in [-0.2, 0) is 0 Å². The van der Waals surface area contributed by atoms with Gasteiger partial charge in [0.05, 0.1) is 12.3 Å². The van der Waals surface area contributed by atoms with Gasteiger partial charge in [0.2, 0.25) is 5.95 Å². The monoisotopic (exact) mass is 315 g/mol. The number of aromatic nitrogens is 2. The molecule has 7 heteroatoms. The third-order valence-electron chi connectivity index (χ3n) is 3.22. The third-order valence-corrected chi connectivity index (χ3v) is 3.22. The van der Waals surface area contributed by atoms with Gasteiger partial charge in [0.15, 0.2) is 0 Å². The Bertz CT molecular complexity index is 671. The molecule has 0 atom stereocenters. The first-order valence-electron chi connectivity index (χ1n) is 7.38. The highest BCUT2D eigenvalue weighted by atomic mass is 16.5. The molecule has 0 unspecified atom stereocenters. The van der Waals surface area contributed by atoms with E-state index in [-0.39, 0.29) is 11.6 Å². The number of benzene rings is 1. The number of carbonyl (C=O) groups excluding carboxylic acids is 1. The summed E-state index contributed by atoms with van der Waals surface area (Å²) in [6.07, 6.45) is 1.00. The van der Waals surface area contributed by atoms with E-state index in [4.69, 9.17) is 16.3 Å². The van der Waals surface area contributed by atoms with Crippen molar-refractivity contribution >= 4 is 11.9 Å². The Kier molecular flexibility index (Phi) is 5.48. The number of ether oxygens (including phenoxy) is 1.